The molecule has 0 aromatic heterocycles. The van der Waals surface area contributed by atoms with Gasteiger partial charge in [0.05, 0.1) is 6.54 Å². The topological polar surface area (TPSA) is 69.6 Å². The largest absolute Gasteiger partial charge is 0.480 e. The first kappa shape index (κ1) is 14.3. The fraction of sp³-hybridized carbons (Fsp3) is 0.385. The molecule has 1 aliphatic heterocycles. The molecule has 0 spiro atoms. The van der Waals surface area contributed by atoms with E-state index in [9.17, 15) is 9.59 Å². The van der Waals surface area contributed by atoms with Gasteiger partial charge in [0, 0.05) is 9.26 Å². The third kappa shape index (κ3) is 3.90. The Morgan fingerprint density at radius 1 is 1.37 bits per heavy atom. The van der Waals surface area contributed by atoms with Crippen molar-refractivity contribution >= 4 is 40.2 Å². The maximum absolute atomic E-state index is 11.9. The number of amides is 1. The van der Waals surface area contributed by atoms with Crippen molar-refractivity contribution in [3.8, 4) is 0 Å². The predicted molar refractivity (Wildman–Crippen MR) is 80.0 cm³/mol. The maximum atomic E-state index is 11.9. The molecule has 1 fully saturated rings. The van der Waals surface area contributed by atoms with Crippen LogP contribution in [0.15, 0.2) is 24.3 Å². The Hall–Kier alpha value is -1.15. The van der Waals surface area contributed by atoms with Crippen molar-refractivity contribution in [2.45, 2.75) is 18.9 Å². The summed E-state index contributed by atoms with van der Waals surface area (Å²) in [5.41, 5.74) is 0.733. The molecule has 1 saturated heterocycles. The summed E-state index contributed by atoms with van der Waals surface area (Å²) in [6.45, 7) is 0.792. The number of carboxylic acid groups (broad SMARTS) is 1. The highest BCUT2D eigenvalue weighted by Gasteiger charge is 2.31. The molecule has 0 radical (unpaired) electrons. The lowest BCUT2D eigenvalue weighted by Gasteiger charge is -2.20. The molecular formula is C13H15IN2O3. The third-order valence-corrected chi connectivity index (χ3v) is 3.84. The van der Waals surface area contributed by atoms with Crippen LogP contribution in [0.25, 0.3) is 0 Å². The molecule has 1 aliphatic rings. The minimum absolute atomic E-state index is 0.128. The van der Waals surface area contributed by atoms with Gasteiger partial charge in [0.2, 0.25) is 5.91 Å². The number of carbonyl (C=O) groups is 2. The molecule has 0 unspecified atom stereocenters. The molecule has 6 heteroatoms. The fourth-order valence-corrected chi connectivity index (χ4v) is 2.57. The highest BCUT2D eigenvalue weighted by Crippen LogP contribution is 2.17. The van der Waals surface area contributed by atoms with Gasteiger partial charge in [-0.3, -0.25) is 14.5 Å². The zero-order valence-electron chi connectivity index (χ0n) is 10.3. The van der Waals surface area contributed by atoms with Crippen molar-refractivity contribution in [3.63, 3.8) is 0 Å². The highest BCUT2D eigenvalue weighted by atomic mass is 127. The molecule has 0 saturated carbocycles. The molecule has 102 valence electrons. The van der Waals surface area contributed by atoms with Crippen molar-refractivity contribution in [2.75, 3.05) is 18.4 Å². The van der Waals surface area contributed by atoms with Crippen LogP contribution >= 0.6 is 22.6 Å². The Bertz CT molecular complexity index is 475. The van der Waals surface area contributed by atoms with E-state index in [-0.39, 0.29) is 12.5 Å². The highest BCUT2D eigenvalue weighted by molar-refractivity contribution is 14.1. The molecule has 0 aliphatic carbocycles. The second kappa shape index (κ2) is 6.33. The van der Waals surface area contributed by atoms with Crippen molar-refractivity contribution in [1.82, 2.24) is 4.90 Å². The van der Waals surface area contributed by atoms with Gasteiger partial charge in [0.1, 0.15) is 6.04 Å². The quantitative estimate of drug-likeness (QED) is 0.789. The normalized spacial score (nSPS) is 19.3. The van der Waals surface area contributed by atoms with Crippen LogP contribution in [0.4, 0.5) is 5.69 Å². The molecule has 2 N–H and O–H groups in total. The first-order valence-electron chi connectivity index (χ1n) is 6.08. The van der Waals surface area contributed by atoms with Gasteiger partial charge >= 0.3 is 5.97 Å². The molecule has 0 bridgehead atoms. The lowest BCUT2D eigenvalue weighted by Crippen LogP contribution is -2.40. The van der Waals surface area contributed by atoms with Crippen LogP contribution in [-0.2, 0) is 9.59 Å². The average Bonchev–Trinajstić information content (AvgIpc) is 2.80. The first-order chi connectivity index (χ1) is 9.06. The number of benzene rings is 1. The van der Waals surface area contributed by atoms with Crippen molar-refractivity contribution in [1.29, 1.82) is 0 Å². The molecule has 1 atom stereocenters. The van der Waals surface area contributed by atoms with E-state index in [2.05, 4.69) is 27.9 Å². The minimum atomic E-state index is -0.848. The van der Waals surface area contributed by atoms with Crippen LogP contribution in [0.1, 0.15) is 12.8 Å². The number of nitrogens with zero attached hydrogens (tertiary/aromatic N) is 1. The number of carboxylic acids is 1. The summed E-state index contributed by atoms with van der Waals surface area (Å²) in [5, 5.41) is 11.8. The zero-order chi connectivity index (χ0) is 13.8. The van der Waals surface area contributed by atoms with E-state index in [0.717, 1.165) is 15.7 Å². The van der Waals surface area contributed by atoms with Gasteiger partial charge in [0.25, 0.3) is 0 Å². The standard InChI is InChI=1S/C13H15IN2O3/c14-9-3-5-10(6-4-9)15-12(17)8-16-7-1-2-11(16)13(18)19/h3-6,11H,1-2,7-8H2,(H,15,17)(H,18,19)/t11-/m0/s1. The Morgan fingerprint density at radius 2 is 2.05 bits per heavy atom. The number of halogens is 1. The number of rotatable bonds is 4. The van der Waals surface area contributed by atoms with Gasteiger partial charge in [-0.1, -0.05) is 0 Å². The predicted octanol–water partition coefficient (Wildman–Crippen LogP) is 1.78. The summed E-state index contributed by atoms with van der Waals surface area (Å²) in [7, 11) is 0. The summed E-state index contributed by atoms with van der Waals surface area (Å²) >= 11 is 2.19. The van der Waals surface area contributed by atoms with Gasteiger partial charge in [-0.25, -0.2) is 0 Å². The molecule has 5 nitrogen and oxygen atoms in total. The maximum Gasteiger partial charge on any atom is 0.320 e. The van der Waals surface area contributed by atoms with E-state index in [4.69, 9.17) is 5.11 Å². The van der Waals surface area contributed by atoms with E-state index in [1.54, 1.807) is 4.90 Å². The van der Waals surface area contributed by atoms with Crippen LogP contribution in [0.2, 0.25) is 0 Å². The van der Waals surface area contributed by atoms with Crippen molar-refractivity contribution < 1.29 is 14.7 Å². The summed E-state index contributed by atoms with van der Waals surface area (Å²) < 4.78 is 1.10. The van der Waals surface area contributed by atoms with Gasteiger partial charge in [-0.05, 0) is 66.2 Å². The lowest BCUT2D eigenvalue weighted by atomic mass is 10.2. The molecule has 1 aromatic carbocycles. The van der Waals surface area contributed by atoms with Crippen LogP contribution in [0, 0.1) is 3.57 Å². The van der Waals surface area contributed by atoms with Crippen LogP contribution < -0.4 is 5.32 Å². The van der Waals surface area contributed by atoms with Gasteiger partial charge in [-0.2, -0.15) is 0 Å². The van der Waals surface area contributed by atoms with Gasteiger partial charge in [-0.15, -0.1) is 0 Å². The number of hydrogen-bond donors (Lipinski definition) is 2. The summed E-state index contributed by atoms with van der Waals surface area (Å²) in [6.07, 6.45) is 1.44. The van der Waals surface area contributed by atoms with Crippen LogP contribution in [0.5, 0.6) is 0 Å². The Labute approximate surface area is 125 Å². The second-order valence-corrected chi connectivity index (χ2v) is 5.77. The summed E-state index contributed by atoms with van der Waals surface area (Å²) in [5.74, 6) is -1.02. The number of hydrogen-bond acceptors (Lipinski definition) is 3. The number of nitrogens with one attached hydrogen (secondary N) is 1. The van der Waals surface area contributed by atoms with Crippen molar-refractivity contribution in [3.05, 3.63) is 27.8 Å². The molecule has 2 rings (SSSR count). The van der Waals surface area contributed by atoms with Gasteiger partial charge in [0.15, 0.2) is 0 Å². The van der Waals surface area contributed by atoms with E-state index >= 15 is 0 Å². The molecule has 1 heterocycles. The average molecular weight is 374 g/mol. The number of likely N-dealkylation sites (tertiary alicyclic amines) is 1. The Morgan fingerprint density at radius 3 is 2.68 bits per heavy atom. The number of anilines is 1. The van der Waals surface area contributed by atoms with Crippen LogP contribution in [-0.4, -0.2) is 41.0 Å². The van der Waals surface area contributed by atoms with Crippen molar-refractivity contribution in [2.24, 2.45) is 0 Å². The molecule has 1 amide bonds. The smallest absolute Gasteiger partial charge is 0.320 e. The van der Waals surface area contributed by atoms with E-state index < -0.39 is 12.0 Å². The SMILES string of the molecule is O=C(CN1CCC[C@H]1C(=O)O)Nc1ccc(I)cc1. The minimum Gasteiger partial charge on any atom is -0.480 e. The van der Waals surface area contributed by atoms with Crippen LogP contribution in [0.3, 0.4) is 0 Å². The zero-order valence-corrected chi connectivity index (χ0v) is 12.5. The van der Waals surface area contributed by atoms with Gasteiger partial charge < -0.3 is 10.4 Å². The van der Waals surface area contributed by atoms with E-state index in [0.29, 0.717) is 13.0 Å². The Balaban J connectivity index is 1.90. The monoisotopic (exact) mass is 374 g/mol. The Kier molecular flexibility index (Phi) is 4.76. The number of carbonyl (C=O) groups excluding carboxylic acids is 1. The van der Waals surface area contributed by atoms with E-state index in [1.807, 2.05) is 24.3 Å². The lowest BCUT2D eigenvalue weighted by molar-refractivity contribution is -0.142. The summed E-state index contributed by atoms with van der Waals surface area (Å²) in [6, 6.07) is 6.96. The molecule has 1 aromatic rings. The molecule has 19 heavy (non-hydrogen) atoms. The fourth-order valence-electron chi connectivity index (χ4n) is 2.21. The van der Waals surface area contributed by atoms with E-state index in [1.165, 1.54) is 0 Å². The second-order valence-electron chi connectivity index (χ2n) is 4.52. The number of aliphatic carboxylic acids is 1. The summed E-state index contributed by atoms with van der Waals surface area (Å²) in [4.78, 5) is 24.6. The first-order valence-corrected chi connectivity index (χ1v) is 7.16. The molecular weight excluding hydrogens is 359 g/mol. The third-order valence-electron chi connectivity index (χ3n) is 3.12.